The van der Waals surface area contributed by atoms with Gasteiger partial charge in [-0.2, -0.15) is 0 Å². The second-order valence-corrected chi connectivity index (χ2v) is 5.10. The molecule has 0 aliphatic carbocycles. The highest BCUT2D eigenvalue weighted by Crippen LogP contribution is 2.14. The van der Waals surface area contributed by atoms with E-state index in [9.17, 15) is 4.79 Å². The van der Waals surface area contributed by atoms with Gasteiger partial charge in [0.05, 0.1) is 5.92 Å². The van der Waals surface area contributed by atoms with Crippen molar-refractivity contribution >= 4 is 11.6 Å². The van der Waals surface area contributed by atoms with Gasteiger partial charge in [-0.25, -0.2) is 0 Å². The minimum atomic E-state index is -0.0638. The van der Waals surface area contributed by atoms with Crippen molar-refractivity contribution in [1.29, 1.82) is 0 Å². The van der Waals surface area contributed by atoms with Gasteiger partial charge in [0.25, 0.3) is 0 Å². The number of rotatable bonds is 6. The summed E-state index contributed by atoms with van der Waals surface area (Å²) in [6.45, 7) is 3.04. The van der Waals surface area contributed by atoms with Crippen molar-refractivity contribution in [3.05, 3.63) is 29.8 Å². The highest BCUT2D eigenvalue weighted by molar-refractivity contribution is 5.78. The van der Waals surface area contributed by atoms with Crippen LogP contribution in [0.5, 0.6) is 0 Å². The van der Waals surface area contributed by atoms with Gasteiger partial charge in [-0.05, 0) is 24.1 Å². The van der Waals surface area contributed by atoms with Crippen LogP contribution in [-0.4, -0.2) is 38.5 Å². The minimum Gasteiger partial charge on any atom is -0.378 e. The fourth-order valence-corrected chi connectivity index (χ4v) is 2.01. The number of amides is 1. The van der Waals surface area contributed by atoms with Crippen LogP contribution in [0.1, 0.15) is 18.9 Å². The monoisotopic (exact) mass is 263 g/mol. The van der Waals surface area contributed by atoms with Gasteiger partial charge in [0.2, 0.25) is 5.91 Å². The maximum absolute atomic E-state index is 12.1. The molecule has 1 rings (SSSR count). The van der Waals surface area contributed by atoms with Gasteiger partial charge < -0.3 is 15.5 Å². The molecule has 1 atom stereocenters. The zero-order valence-electron chi connectivity index (χ0n) is 12.4. The lowest BCUT2D eigenvalue weighted by molar-refractivity contribution is -0.134. The molecule has 106 valence electrons. The van der Waals surface area contributed by atoms with Crippen LogP contribution in [0, 0.1) is 5.92 Å². The molecule has 2 N–H and O–H groups in total. The Kier molecular flexibility index (Phi) is 5.83. The third kappa shape index (κ3) is 4.24. The summed E-state index contributed by atoms with van der Waals surface area (Å²) >= 11 is 0. The molecule has 4 heteroatoms. The van der Waals surface area contributed by atoms with E-state index in [2.05, 4.69) is 29.2 Å². The van der Waals surface area contributed by atoms with Gasteiger partial charge in [-0.3, -0.25) is 4.79 Å². The van der Waals surface area contributed by atoms with Crippen LogP contribution in [0.4, 0.5) is 5.69 Å². The van der Waals surface area contributed by atoms with Crippen molar-refractivity contribution in [3.8, 4) is 0 Å². The minimum absolute atomic E-state index is 0.0638. The summed E-state index contributed by atoms with van der Waals surface area (Å²) in [5, 5.41) is 0. The van der Waals surface area contributed by atoms with Gasteiger partial charge >= 0.3 is 0 Å². The molecule has 0 spiro atoms. The van der Waals surface area contributed by atoms with Gasteiger partial charge in [0.15, 0.2) is 0 Å². The zero-order valence-corrected chi connectivity index (χ0v) is 12.4. The van der Waals surface area contributed by atoms with Crippen LogP contribution in [0.2, 0.25) is 0 Å². The lowest BCUT2D eigenvalue weighted by Gasteiger charge is -2.22. The fraction of sp³-hybridized carbons (Fsp3) is 0.533. The molecule has 1 unspecified atom stereocenters. The highest BCUT2D eigenvalue weighted by atomic mass is 16.2. The molecule has 4 nitrogen and oxygen atoms in total. The van der Waals surface area contributed by atoms with E-state index in [-0.39, 0.29) is 11.8 Å². The first-order valence-corrected chi connectivity index (χ1v) is 6.70. The molecule has 0 radical (unpaired) electrons. The lowest BCUT2D eigenvalue weighted by atomic mass is 10.1. The third-order valence-corrected chi connectivity index (χ3v) is 3.38. The van der Waals surface area contributed by atoms with Crippen molar-refractivity contribution in [2.75, 3.05) is 32.6 Å². The number of carbonyl (C=O) groups is 1. The Hall–Kier alpha value is -1.55. The lowest BCUT2D eigenvalue weighted by Crippen LogP contribution is -2.35. The largest absolute Gasteiger partial charge is 0.378 e. The van der Waals surface area contributed by atoms with Crippen molar-refractivity contribution in [2.24, 2.45) is 11.7 Å². The summed E-state index contributed by atoms with van der Waals surface area (Å²) in [6.07, 6.45) is 0.791. The molecule has 0 fully saturated rings. The van der Waals surface area contributed by atoms with Crippen molar-refractivity contribution < 1.29 is 4.79 Å². The van der Waals surface area contributed by atoms with E-state index in [1.54, 1.807) is 4.90 Å². The molecule has 0 heterocycles. The summed E-state index contributed by atoms with van der Waals surface area (Å²) in [4.78, 5) is 15.9. The quantitative estimate of drug-likeness (QED) is 0.850. The Balaban J connectivity index is 2.66. The molecule has 1 aromatic rings. The predicted molar refractivity (Wildman–Crippen MR) is 80.1 cm³/mol. The molecule has 0 saturated heterocycles. The summed E-state index contributed by atoms with van der Waals surface area (Å²) < 4.78 is 0. The first kappa shape index (κ1) is 15.5. The van der Waals surface area contributed by atoms with Gasteiger partial charge in [-0.15, -0.1) is 0 Å². The first-order chi connectivity index (χ1) is 8.99. The normalized spacial score (nSPS) is 12.1. The topological polar surface area (TPSA) is 49.6 Å². The third-order valence-electron chi connectivity index (χ3n) is 3.38. The number of nitrogens with two attached hydrogens (primary N) is 1. The van der Waals surface area contributed by atoms with Crippen molar-refractivity contribution in [3.63, 3.8) is 0 Å². The van der Waals surface area contributed by atoms with Crippen LogP contribution >= 0.6 is 0 Å². The first-order valence-electron chi connectivity index (χ1n) is 6.70. The number of hydrogen-bond donors (Lipinski definition) is 1. The van der Waals surface area contributed by atoms with E-state index in [1.165, 1.54) is 0 Å². The number of hydrogen-bond acceptors (Lipinski definition) is 3. The molecule has 0 bridgehead atoms. The van der Waals surface area contributed by atoms with E-state index in [4.69, 9.17) is 5.73 Å². The zero-order chi connectivity index (χ0) is 14.4. The van der Waals surface area contributed by atoms with Crippen LogP contribution < -0.4 is 10.6 Å². The maximum Gasteiger partial charge on any atom is 0.226 e. The van der Waals surface area contributed by atoms with Gasteiger partial charge in [0.1, 0.15) is 0 Å². The molecule has 1 aromatic carbocycles. The van der Waals surface area contributed by atoms with E-state index >= 15 is 0 Å². The predicted octanol–water partition coefficient (Wildman–Crippen LogP) is 1.70. The molecular formula is C15H25N3O. The summed E-state index contributed by atoms with van der Waals surface area (Å²) in [5.41, 5.74) is 7.91. The second kappa shape index (κ2) is 7.14. The van der Waals surface area contributed by atoms with Crippen molar-refractivity contribution in [2.45, 2.75) is 19.9 Å². The van der Waals surface area contributed by atoms with E-state index < -0.39 is 0 Å². The Labute approximate surface area is 116 Å². The Morgan fingerprint density at radius 2 is 1.79 bits per heavy atom. The molecule has 1 amide bonds. The van der Waals surface area contributed by atoms with E-state index in [0.29, 0.717) is 13.1 Å². The van der Waals surface area contributed by atoms with Crippen molar-refractivity contribution in [1.82, 2.24) is 4.90 Å². The Morgan fingerprint density at radius 1 is 1.21 bits per heavy atom. The highest BCUT2D eigenvalue weighted by Gasteiger charge is 2.18. The molecule has 0 aliphatic rings. The average Bonchev–Trinajstić information content (AvgIpc) is 2.40. The van der Waals surface area contributed by atoms with Crippen LogP contribution in [-0.2, 0) is 11.3 Å². The summed E-state index contributed by atoms with van der Waals surface area (Å²) in [5.74, 6) is 0.0627. The fourth-order valence-electron chi connectivity index (χ4n) is 2.01. The SMILES string of the molecule is CCC(CN)C(=O)N(C)Cc1ccc(N(C)C)cc1. The standard InChI is InChI=1S/C15H25N3O/c1-5-13(10-16)15(19)18(4)11-12-6-8-14(9-7-12)17(2)3/h6-9,13H,5,10-11,16H2,1-4H3. The summed E-state index contributed by atoms with van der Waals surface area (Å²) in [6, 6.07) is 8.24. The average molecular weight is 263 g/mol. The molecular weight excluding hydrogens is 238 g/mol. The maximum atomic E-state index is 12.1. The van der Waals surface area contributed by atoms with E-state index in [0.717, 1.165) is 17.7 Å². The Morgan fingerprint density at radius 3 is 2.21 bits per heavy atom. The van der Waals surface area contributed by atoms with Crippen LogP contribution in [0.25, 0.3) is 0 Å². The number of benzene rings is 1. The van der Waals surface area contributed by atoms with Crippen LogP contribution in [0.3, 0.4) is 0 Å². The van der Waals surface area contributed by atoms with Gasteiger partial charge in [0, 0.05) is 39.9 Å². The number of carbonyl (C=O) groups excluding carboxylic acids is 1. The molecule has 0 saturated carbocycles. The second-order valence-electron chi connectivity index (χ2n) is 5.10. The molecule has 0 aromatic heterocycles. The molecule has 0 aliphatic heterocycles. The van der Waals surface area contributed by atoms with Crippen LogP contribution in [0.15, 0.2) is 24.3 Å². The van der Waals surface area contributed by atoms with Gasteiger partial charge in [-0.1, -0.05) is 19.1 Å². The van der Waals surface area contributed by atoms with E-state index in [1.807, 2.05) is 28.1 Å². The Bertz CT molecular complexity index is 396. The molecule has 19 heavy (non-hydrogen) atoms. The number of anilines is 1. The summed E-state index contributed by atoms with van der Waals surface area (Å²) in [7, 11) is 5.86. The number of nitrogens with zero attached hydrogens (tertiary/aromatic N) is 2. The smallest absolute Gasteiger partial charge is 0.226 e.